The Kier molecular flexibility index (Phi) is 7.15. The molecule has 5 rings (SSSR count). The zero-order valence-corrected chi connectivity index (χ0v) is 23.2. The fourth-order valence-electron chi connectivity index (χ4n) is 5.87. The van der Waals surface area contributed by atoms with Crippen molar-refractivity contribution in [2.45, 2.75) is 68.9 Å². The van der Waals surface area contributed by atoms with Crippen molar-refractivity contribution in [2.75, 3.05) is 0 Å². The van der Waals surface area contributed by atoms with E-state index in [1.807, 2.05) is 42.5 Å². The number of aryl methyl sites for hydroxylation is 2. The van der Waals surface area contributed by atoms with Crippen LogP contribution in [-0.4, -0.2) is 34.6 Å². The molecule has 9 heteroatoms. The zero-order valence-electron chi connectivity index (χ0n) is 22.4. The summed E-state index contributed by atoms with van der Waals surface area (Å²) in [6.45, 7) is 2.07. The number of carbonyl (C=O) groups excluding carboxylic acids is 1. The Morgan fingerprint density at radius 2 is 1.74 bits per heavy atom. The molecule has 0 saturated heterocycles. The van der Waals surface area contributed by atoms with Gasteiger partial charge in [-0.15, -0.1) is 0 Å². The Balaban J connectivity index is 1.34. The van der Waals surface area contributed by atoms with Crippen LogP contribution in [0.1, 0.15) is 56.6 Å². The molecule has 1 aliphatic heterocycles. The average Bonchev–Trinajstić information content (AvgIpc) is 3.53. The van der Waals surface area contributed by atoms with E-state index in [2.05, 4.69) is 24.0 Å². The molecule has 3 N–H and O–H groups in total. The normalized spacial score (nSPS) is 20.6. The Hall–Kier alpha value is -3.43. The Morgan fingerprint density at radius 3 is 2.31 bits per heavy atom. The lowest BCUT2D eigenvalue weighted by molar-refractivity contribution is -0.161. The van der Waals surface area contributed by atoms with E-state index in [1.54, 1.807) is 11.6 Å². The van der Waals surface area contributed by atoms with Crippen molar-refractivity contribution in [1.29, 1.82) is 0 Å². The van der Waals surface area contributed by atoms with Crippen molar-refractivity contribution in [3.05, 3.63) is 83.3 Å². The number of nitrogens with two attached hydrogens (primary N) is 1. The molecule has 0 spiro atoms. The summed E-state index contributed by atoms with van der Waals surface area (Å²) in [5.74, 6) is 0.272. The lowest BCUT2D eigenvalue weighted by Gasteiger charge is -2.39. The third-order valence-electron chi connectivity index (χ3n) is 7.99. The number of carbonyl (C=O) groups is 1. The molecular formula is C30H35N3O5S. The van der Waals surface area contributed by atoms with Crippen LogP contribution in [0.3, 0.4) is 0 Å². The molecule has 2 aliphatic rings. The number of cyclic esters (lactones) is 1. The van der Waals surface area contributed by atoms with Gasteiger partial charge in [0.15, 0.2) is 5.03 Å². The number of primary sulfonamides is 1. The second kappa shape index (κ2) is 10.3. The first-order chi connectivity index (χ1) is 18.5. The van der Waals surface area contributed by atoms with Crippen molar-refractivity contribution in [3.8, 4) is 11.4 Å². The van der Waals surface area contributed by atoms with Crippen LogP contribution in [0.4, 0.5) is 0 Å². The number of hydrogen-bond acceptors (Lipinski definition) is 6. The first-order valence-electron chi connectivity index (χ1n) is 13.4. The molecule has 1 unspecified atom stereocenters. The predicted molar refractivity (Wildman–Crippen MR) is 148 cm³/mol. The summed E-state index contributed by atoms with van der Waals surface area (Å²) in [5.41, 5.74) is 2.27. The lowest BCUT2D eigenvalue weighted by atomic mass is 9.79. The molecule has 0 radical (unpaired) electrons. The zero-order chi connectivity index (χ0) is 27.8. The Labute approximate surface area is 229 Å². The van der Waals surface area contributed by atoms with Crippen molar-refractivity contribution in [1.82, 2.24) is 9.55 Å². The number of sulfonamides is 1. The summed E-state index contributed by atoms with van der Waals surface area (Å²) in [7, 11) is -2.18. The summed E-state index contributed by atoms with van der Waals surface area (Å²) in [6.07, 6.45) is 6.98. The van der Waals surface area contributed by atoms with Crippen LogP contribution in [0.25, 0.3) is 11.4 Å². The summed E-state index contributed by atoms with van der Waals surface area (Å²) >= 11 is 0. The third-order valence-corrected chi connectivity index (χ3v) is 8.77. The number of aliphatic hydroxyl groups is 1. The third kappa shape index (κ3) is 5.65. The molecule has 2 heterocycles. The van der Waals surface area contributed by atoms with E-state index in [9.17, 15) is 18.3 Å². The van der Waals surface area contributed by atoms with E-state index < -0.39 is 27.0 Å². The van der Waals surface area contributed by atoms with Crippen molar-refractivity contribution in [3.63, 3.8) is 0 Å². The number of esters is 1. The molecule has 1 aromatic heterocycles. The van der Waals surface area contributed by atoms with Crippen LogP contribution in [0.5, 0.6) is 0 Å². The van der Waals surface area contributed by atoms with Gasteiger partial charge in [-0.25, -0.2) is 23.3 Å². The van der Waals surface area contributed by atoms with Gasteiger partial charge in [-0.1, -0.05) is 67.9 Å². The van der Waals surface area contributed by atoms with Crippen LogP contribution in [0.2, 0.25) is 0 Å². The summed E-state index contributed by atoms with van der Waals surface area (Å²) < 4.78 is 31.1. The number of benzene rings is 2. The summed E-state index contributed by atoms with van der Waals surface area (Å²) in [4.78, 5) is 17.6. The topological polar surface area (TPSA) is 125 Å². The monoisotopic (exact) mass is 549 g/mol. The minimum atomic E-state index is -3.89. The van der Waals surface area contributed by atoms with Crippen LogP contribution >= 0.6 is 0 Å². The Morgan fingerprint density at radius 1 is 1.05 bits per heavy atom. The summed E-state index contributed by atoms with van der Waals surface area (Å²) in [5, 5.41) is 16.3. The SMILES string of the molecule is CCCC1(CCc2ccccc2)CC(O)=C(C2(Cc3ccc(-c4nc(S(N)(=O)=O)cn4C)cc3)CC2)C(=O)O1. The van der Waals surface area contributed by atoms with Gasteiger partial charge in [0.1, 0.15) is 17.2 Å². The fourth-order valence-corrected chi connectivity index (χ4v) is 6.39. The number of nitrogens with zero attached hydrogens (tertiary/aromatic N) is 2. The van der Waals surface area contributed by atoms with Crippen LogP contribution in [0.15, 0.2) is 77.2 Å². The maximum absolute atomic E-state index is 13.4. The highest BCUT2D eigenvalue weighted by Crippen LogP contribution is 2.57. The van der Waals surface area contributed by atoms with Crippen molar-refractivity contribution in [2.24, 2.45) is 17.6 Å². The number of aliphatic hydroxyl groups excluding tert-OH is 1. The van der Waals surface area contributed by atoms with Crippen LogP contribution in [0, 0.1) is 5.41 Å². The molecule has 1 saturated carbocycles. The van der Waals surface area contributed by atoms with E-state index in [0.29, 0.717) is 37.1 Å². The maximum atomic E-state index is 13.4. The molecule has 1 fully saturated rings. The van der Waals surface area contributed by atoms with Gasteiger partial charge in [-0.05, 0) is 49.7 Å². The van der Waals surface area contributed by atoms with E-state index >= 15 is 0 Å². The summed E-state index contributed by atoms with van der Waals surface area (Å²) in [6, 6.07) is 17.8. The highest BCUT2D eigenvalue weighted by atomic mass is 32.2. The number of rotatable bonds is 10. The molecule has 0 bridgehead atoms. The smallest absolute Gasteiger partial charge is 0.338 e. The molecule has 2 aromatic carbocycles. The second-order valence-corrected chi connectivity index (χ2v) is 12.5. The molecule has 8 nitrogen and oxygen atoms in total. The minimum Gasteiger partial charge on any atom is -0.512 e. The number of aromatic nitrogens is 2. The predicted octanol–water partition coefficient (Wildman–Crippen LogP) is 4.99. The van der Waals surface area contributed by atoms with Crippen molar-refractivity contribution >= 4 is 16.0 Å². The van der Waals surface area contributed by atoms with Crippen LogP contribution in [-0.2, 0) is 39.4 Å². The second-order valence-electron chi connectivity index (χ2n) is 11.0. The standard InChI is InChI=1S/C30H35N3O5S/c1-3-14-30(15-13-21-7-5-4-6-8-21)19-24(34)26(28(35)38-30)29(16-17-29)18-22-9-11-23(12-10-22)27-32-25(20-33(27)2)39(31,36)37/h4-12,20,34H,3,13-19H2,1-2H3,(H2,31,36,37). The average molecular weight is 550 g/mol. The first kappa shape index (κ1) is 27.1. The van der Waals surface area contributed by atoms with Gasteiger partial charge in [0, 0.05) is 30.6 Å². The quantitative estimate of drug-likeness (QED) is 0.344. The highest BCUT2D eigenvalue weighted by Gasteiger charge is 2.54. The minimum absolute atomic E-state index is 0.172. The van der Waals surface area contributed by atoms with Gasteiger partial charge in [0.2, 0.25) is 0 Å². The molecule has 1 atom stereocenters. The molecular weight excluding hydrogens is 514 g/mol. The number of ether oxygens (including phenoxy) is 1. The van der Waals surface area contributed by atoms with Gasteiger partial charge in [-0.3, -0.25) is 0 Å². The van der Waals surface area contributed by atoms with E-state index in [1.165, 1.54) is 11.8 Å². The largest absolute Gasteiger partial charge is 0.512 e. The van der Waals surface area contributed by atoms with Gasteiger partial charge >= 0.3 is 5.97 Å². The number of imidazole rings is 1. The van der Waals surface area contributed by atoms with Gasteiger partial charge in [0.25, 0.3) is 10.0 Å². The maximum Gasteiger partial charge on any atom is 0.338 e. The molecule has 1 aliphatic carbocycles. The first-order valence-corrected chi connectivity index (χ1v) is 14.9. The highest BCUT2D eigenvalue weighted by molar-refractivity contribution is 7.89. The van der Waals surface area contributed by atoms with Gasteiger partial charge in [0.05, 0.1) is 5.57 Å². The van der Waals surface area contributed by atoms with E-state index in [4.69, 9.17) is 9.88 Å². The van der Waals surface area contributed by atoms with E-state index in [0.717, 1.165) is 36.8 Å². The fraction of sp³-hybridized carbons (Fsp3) is 0.400. The lowest BCUT2D eigenvalue weighted by Crippen LogP contribution is -2.42. The number of hydrogen-bond donors (Lipinski definition) is 2. The van der Waals surface area contributed by atoms with Gasteiger partial charge < -0.3 is 14.4 Å². The molecule has 0 amide bonds. The molecule has 206 valence electrons. The van der Waals surface area contributed by atoms with Crippen LogP contribution < -0.4 is 5.14 Å². The molecule has 3 aromatic rings. The molecule has 39 heavy (non-hydrogen) atoms. The Bertz CT molecular complexity index is 1510. The van der Waals surface area contributed by atoms with Gasteiger partial charge in [-0.2, -0.15) is 0 Å². The van der Waals surface area contributed by atoms with Crippen molar-refractivity contribution < 1.29 is 23.1 Å². The van der Waals surface area contributed by atoms with E-state index in [-0.39, 0.29) is 10.8 Å².